The van der Waals surface area contributed by atoms with Gasteiger partial charge in [0.15, 0.2) is 0 Å². The summed E-state index contributed by atoms with van der Waals surface area (Å²) in [5, 5.41) is 0. The van der Waals surface area contributed by atoms with Gasteiger partial charge >= 0.3 is 145 Å². The summed E-state index contributed by atoms with van der Waals surface area (Å²) in [5.74, 6) is -0.219. The monoisotopic (exact) mass is 368 g/mol. The Morgan fingerprint density at radius 3 is 1.22 bits per heavy atom. The number of ketones is 2. The van der Waals surface area contributed by atoms with Gasteiger partial charge in [0.2, 0.25) is 0 Å². The molecule has 0 rings (SSSR count). The molecule has 0 spiro atoms. The Morgan fingerprint density at radius 1 is 0.739 bits per heavy atom. The summed E-state index contributed by atoms with van der Waals surface area (Å²) in [6.07, 6.45) is -0.740. The van der Waals surface area contributed by atoms with E-state index in [2.05, 4.69) is 0 Å². The van der Waals surface area contributed by atoms with Crippen molar-refractivity contribution in [3.63, 3.8) is 0 Å². The molecule has 7 heteroatoms. The molecule has 0 radical (unpaired) electrons. The Bertz CT molecular complexity index is 347. The van der Waals surface area contributed by atoms with Crippen molar-refractivity contribution in [1.82, 2.24) is 0 Å². The van der Waals surface area contributed by atoms with Gasteiger partial charge in [0, 0.05) is 0 Å². The zero-order valence-corrected chi connectivity index (χ0v) is 17.2. The van der Waals surface area contributed by atoms with Gasteiger partial charge in [-0.3, -0.25) is 0 Å². The van der Waals surface area contributed by atoms with E-state index in [1.807, 2.05) is 41.5 Å². The number of hydrogen-bond acceptors (Lipinski definition) is 6. The standard InChI is InChI=1S/2C5H9O2.2C3H7O.Ti/c2*1-3-5(7)4(2)6;2*1-3(2)4;/h2*5H,3H2,1-2H3;2*3H,1-2H3;/q4*-1;+4. The van der Waals surface area contributed by atoms with Crippen molar-refractivity contribution < 1.29 is 41.0 Å². The summed E-state index contributed by atoms with van der Waals surface area (Å²) in [6.45, 7) is 14.0. The Labute approximate surface area is 145 Å². The fourth-order valence-electron chi connectivity index (χ4n) is 2.00. The normalized spacial score (nSPS) is 15.0. The molecule has 0 bridgehead atoms. The van der Waals surface area contributed by atoms with Crippen molar-refractivity contribution in [2.75, 3.05) is 0 Å². The van der Waals surface area contributed by atoms with Crippen LogP contribution in [-0.2, 0) is 41.0 Å². The Kier molecular flexibility index (Phi) is 10.6. The first kappa shape index (κ1) is 22.9. The van der Waals surface area contributed by atoms with Crippen molar-refractivity contribution in [3.8, 4) is 0 Å². The molecule has 2 unspecified atom stereocenters. The van der Waals surface area contributed by atoms with Crippen LogP contribution in [0.25, 0.3) is 0 Å². The molecule has 0 aromatic rings. The summed E-state index contributed by atoms with van der Waals surface area (Å²) in [7, 11) is 0. The van der Waals surface area contributed by atoms with Gasteiger partial charge in [0.05, 0.1) is 0 Å². The van der Waals surface area contributed by atoms with Crippen LogP contribution in [0, 0.1) is 0 Å². The molecular weight excluding hydrogens is 336 g/mol. The minimum atomic E-state index is -4.28. The Balaban J connectivity index is 5.63. The third-order valence-electron chi connectivity index (χ3n) is 2.98. The first-order chi connectivity index (χ1) is 10.6. The van der Waals surface area contributed by atoms with Crippen LogP contribution in [0.1, 0.15) is 68.2 Å². The van der Waals surface area contributed by atoms with Gasteiger partial charge in [-0.1, -0.05) is 0 Å². The van der Waals surface area contributed by atoms with Gasteiger partial charge in [-0.05, 0) is 0 Å². The summed E-state index contributed by atoms with van der Waals surface area (Å²) in [4.78, 5) is 23.6. The molecule has 23 heavy (non-hydrogen) atoms. The van der Waals surface area contributed by atoms with Gasteiger partial charge in [0.25, 0.3) is 0 Å². The van der Waals surface area contributed by atoms with Gasteiger partial charge < -0.3 is 0 Å². The maximum absolute atomic E-state index is 11.8. The molecule has 0 N–H and O–H groups in total. The first-order valence-corrected chi connectivity index (χ1v) is 10.8. The molecule has 0 aliphatic heterocycles. The average molecular weight is 368 g/mol. The molecule has 0 aromatic carbocycles. The molecule has 0 saturated carbocycles. The van der Waals surface area contributed by atoms with Crippen LogP contribution in [0.5, 0.6) is 0 Å². The summed E-state index contributed by atoms with van der Waals surface area (Å²) >= 11 is -4.28. The molecule has 0 aliphatic rings. The fourth-order valence-corrected chi connectivity index (χ4v) is 6.45. The molecular formula is C16H32O6Ti. The van der Waals surface area contributed by atoms with E-state index in [0.717, 1.165) is 0 Å². The van der Waals surface area contributed by atoms with Crippen LogP contribution in [0.2, 0.25) is 0 Å². The Morgan fingerprint density at radius 2 is 1.04 bits per heavy atom. The molecule has 0 aromatic heterocycles. The van der Waals surface area contributed by atoms with Gasteiger partial charge in [0.1, 0.15) is 0 Å². The summed E-state index contributed by atoms with van der Waals surface area (Å²) in [6, 6.07) is 0. The second-order valence-electron chi connectivity index (χ2n) is 6.08. The van der Waals surface area contributed by atoms with Gasteiger partial charge in [-0.25, -0.2) is 0 Å². The molecule has 0 saturated heterocycles. The van der Waals surface area contributed by atoms with Crippen molar-refractivity contribution in [3.05, 3.63) is 0 Å². The molecule has 136 valence electrons. The van der Waals surface area contributed by atoms with E-state index < -0.39 is 30.3 Å². The van der Waals surface area contributed by atoms with Crippen LogP contribution in [-0.4, -0.2) is 36.0 Å². The second kappa shape index (κ2) is 10.7. The molecule has 0 fully saturated rings. The topological polar surface area (TPSA) is 71.1 Å². The van der Waals surface area contributed by atoms with Crippen LogP contribution in [0.3, 0.4) is 0 Å². The van der Waals surface area contributed by atoms with E-state index in [4.69, 9.17) is 13.3 Å². The summed E-state index contributed by atoms with van der Waals surface area (Å²) < 4.78 is 23.8. The van der Waals surface area contributed by atoms with Crippen molar-refractivity contribution in [1.29, 1.82) is 0 Å². The van der Waals surface area contributed by atoms with Crippen molar-refractivity contribution in [2.45, 2.75) is 92.6 Å². The second-order valence-corrected chi connectivity index (χ2v) is 9.12. The van der Waals surface area contributed by atoms with Crippen molar-refractivity contribution >= 4 is 11.6 Å². The van der Waals surface area contributed by atoms with E-state index in [-0.39, 0.29) is 23.8 Å². The number of carbonyl (C=O) groups excluding carboxylic acids is 2. The van der Waals surface area contributed by atoms with E-state index in [0.29, 0.717) is 12.8 Å². The predicted molar refractivity (Wildman–Crippen MR) is 84.1 cm³/mol. The van der Waals surface area contributed by atoms with Gasteiger partial charge in [-0.2, -0.15) is 0 Å². The van der Waals surface area contributed by atoms with E-state index in [1.165, 1.54) is 13.8 Å². The zero-order chi connectivity index (χ0) is 18.2. The van der Waals surface area contributed by atoms with Gasteiger partial charge in [-0.15, -0.1) is 0 Å². The van der Waals surface area contributed by atoms with Crippen LogP contribution in [0.4, 0.5) is 0 Å². The van der Waals surface area contributed by atoms with E-state index in [1.54, 1.807) is 0 Å². The van der Waals surface area contributed by atoms with Crippen LogP contribution < -0.4 is 0 Å². The number of hydrogen-bond donors (Lipinski definition) is 0. The summed E-state index contributed by atoms with van der Waals surface area (Å²) in [5.41, 5.74) is 0. The van der Waals surface area contributed by atoms with Crippen molar-refractivity contribution in [2.24, 2.45) is 0 Å². The minimum absolute atomic E-state index is 0.110. The Hall–Kier alpha value is -0.106. The average Bonchev–Trinajstić information content (AvgIpc) is 2.40. The quantitative estimate of drug-likeness (QED) is 0.492. The third-order valence-corrected chi connectivity index (χ3v) is 7.15. The zero-order valence-electron chi connectivity index (χ0n) is 15.7. The molecule has 0 heterocycles. The number of Topliss-reactive ketones (excluding diaryl/α,β-unsaturated/α-hetero) is 2. The molecule has 0 amide bonds. The number of carbonyl (C=O) groups is 2. The fraction of sp³-hybridized carbons (Fsp3) is 0.875. The predicted octanol–water partition coefficient (Wildman–Crippen LogP) is 3.42. The molecule has 2 atom stereocenters. The third kappa shape index (κ3) is 8.52. The maximum atomic E-state index is 11.8. The van der Waals surface area contributed by atoms with Crippen LogP contribution >= 0.6 is 0 Å². The number of rotatable bonds is 12. The van der Waals surface area contributed by atoms with E-state index in [9.17, 15) is 9.59 Å². The van der Waals surface area contributed by atoms with Crippen LogP contribution in [0.15, 0.2) is 0 Å². The molecule has 6 nitrogen and oxygen atoms in total. The van der Waals surface area contributed by atoms with E-state index >= 15 is 0 Å². The SMILES string of the molecule is CCC([O][Ti]([O]C(C)C)([O]C(C)C)[O]C(CC)C(C)=O)C(C)=O. The first-order valence-electron chi connectivity index (χ1n) is 8.29. The molecule has 0 aliphatic carbocycles.